The number of hydrogen-bond donors (Lipinski definition) is 1. The SMILES string of the molecule is COCCCn1c(SC(C(=O)Nc2ccc(F)cc2)c2ccccc2)nc2ccccc2c1=O. The van der Waals surface area contributed by atoms with Crippen LogP contribution in [0.4, 0.5) is 10.1 Å². The van der Waals surface area contributed by atoms with E-state index in [1.54, 1.807) is 29.9 Å². The largest absolute Gasteiger partial charge is 0.385 e. The fourth-order valence-electron chi connectivity index (χ4n) is 3.55. The van der Waals surface area contributed by atoms with Crippen molar-refractivity contribution >= 4 is 34.3 Å². The number of ether oxygens (including phenoxy) is 1. The summed E-state index contributed by atoms with van der Waals surface area (Å²) < 4.78 is 20.1. The molecule has 3 aromatic carbocycles. The van der Waals surface area contributed by atoms with Crippen molar-refractivity contribution in [3.8, 4) is 0 Å². The first kappa shape index (κ1) is 23.7. The molecule has 0 aliphatic heterocycles. The first-order valence-electron chi connectivity index (χ1n) is 10.8. The summed E-state index contributed by atoms with van der Waals surface area (Å²) in [5.41, 5.74) is 1.66. The number of thioether (sulfide) groups is 1. The molecule has 1 unspecified atom stereocenters. The highest BCUT2D eigenvalue weighted by Crippen LogP contribution is 2.35. The topological polar surface area (TPSA) is 73.2 Å². The van der Waals surface area contributed by atoms with Crippen LogP contribution in [0, 0.1) is 5.82 Å². The number of rotatable bonds is 9. The lowest BCUT2D eigenvalue weighted by atomic mass is 10.1. The number of benzene rings is 3. The van der Waals surface area contributed by atoms with E-state index in [9.17, 15) is 14.0 Å². The molecule has 4 rings (SSSR count). The predicted octanol–water partition coefficient (Wildman–Crippen LogP) is 5.04. The molecule has 1 heterocycles. The van der Waals surface area contributed by atoms with Crippen LogP contribution in [-0.2, 0) is 16.1 Å². The number of nitrogens with zero attached hydrogens (tertiary/aromatic N) is 2. The highest BCUT2D eigenvalue weighted by Gasteiger charge is 2.25. The van der Waals surface area contributed by atoms with E-state index in [4.69, 9.17) is 9.72 Å². The molecular formula is C26H24FN3O3S. The van der Waals surface area contributed by atoms with Crippen molar-refractivity contribution in [3.63, 3.8) is 0 Å². The second-order valence-electron chi connectivity index (χ2n) is 7.62. The maximum atomic E-state index is 13.4. The standard InChI is InChI=1S/C26H24FN3O3S/c1-33-17-7-16-30-25(32)21-10-5-6-11-22(21)29-26(30)34-23(18-8-3-2-4-9-18)24(31)28-20-14-12-19(27)13-15-20/h2-6,8-15,23H,7,16-17H2,1H3,(H,28,31). The van der Waals surface area contributed by atoms with Crippen LogP contribution in [0.3, 0.4) is 0 Å². The molecule has 1 atom stereocenters. The first-order chi connectivity index (χ1) is 16.6. The third-order valence-electron chi connectivity index (χ3n) is 5.23. The van der Waals surface area contributed by atoms with Crippen molar-refractivity contribution in [2.75, 3.05) is 19.0 Å². The Labute approximate surface area is 200 Å². The first-order valence-corrected chi connectivity index (χ1v) is 11.7. The number of hydrogen-bond acceptors (Lipinski definition) is 5. The number of anilines is 1. The van der Waals surface area contributed by atoms with Crippen LogP contribution >= 0.6 is 11.8 Å². The zero-order valence-corrected chi connectivity index (χ0v) is 19.4. The number of fused-ring (bicyclic) bond motifs is 1. The van der Waals surface area contributed by atoms with E-state index < -0.39 is 5.25 Å². The lowest BCUT2D eigenvalue weighted by Crippen LogP contribution is -2.26. The summed E-state index contributed by atoms with van der Waals surface area (Å²) in [6.07, 6.45) is 0.627. The van der Waals surface area contributed by atoms with Gasteiger partial charge in [0.2, 0.25) is 5.91 Å². The molecule has 0 radical (unpaired) electrons. The highest BCUT2D eigenvalue weighted by molar-refractivity contribution is 8.00. The number of methoxy groups -OCH3 is 1. The lowest BCUT2D eigenvalue weighted by molar-refractivity contribution is -0.115. The van der Waals surface area contributed by atoms with Gasteiger partial charge in [-0.05, 0) is 48.4 Å². The minimum atomic E-state index is -0.687. The molecule has 0 aliphatic carbocycles. The second-order valence-corrected chi connectivity index (χ2v) is 8.69. The van der Waals surface area contributed by atoms with Gasteiger partial charge in [-0.2, -0.15) is 0 Å². The van der Waals surface area contributed by atoms with Crippen LogP contribution < -0.4 is 10.9 Å². The summed E-state index contributed by atoms with van der Waals surface area (Å²) in [5.74, 6) is -0.680. The minimum Gasteiger partial charge on any atom is -0.385 e. The van der Waals surface area contributed by atoms with E-state index in [0.717, 1.165) is 5.56 Å². The molecule has 0 saturated heterocycles. The Morgan fingerprint density at radius 1 is 1.06 bits per heavy atom. The van der Waals surface area contributed by atoms with Crippen molar-refractivity contribution in [1.29, 1.82) is 0 Å². The summed E-state index contributed by atoms with van der Waals surface area (Å²) in [4.78, 5) is 31.4. The maximum Gasteiger partial charge on any atom is 0.262 e. The smallest absolute Gasteiger partial charge is 0.262 e. The molecule has 34 heavy (non-hydrogen) atoms. The number of halogens is 1. The number of para-hydroxylation sites is 1. The molecule has 4 aromatic rings. The van der Waals surface area contributed by atoms with Crippen molar-refractivity contribution in [2.24, 2.45) is 0 Å². The Hall–Kier alpha value is -3.49. The molecular weight excluding hydrogens is 453 g/mol. The van der Waals surface area contributed by atoms with Gasteiger partial charge in [-0.3, -0.25) is 14.2 Å². The van der Waals surface area contributed by atoms with Gasteiger partial charge in [0.05, 0.1) is 10.9 Å². The molecule has 0 spiro atoms. The van der Waals surface area contributed by atoms with Crippen LogP contribution in [0.25, 0.3) is 10.9 Å². The molecule has 1 amide bonds. The van der Waals surface area contributed by atoms with Gasteiger partial charge in [0.1, 0.15) is 11.1 Å². The third kappa shape index (κ3) is 5.52. The van der Waals surface area contributed by atoms with Gasteiger partial charge in [0.15, 0.2) is 5.16 Å². The normalized spacial score (nSPS) is 11.9. The van der Waals surface area contributed by atoms with Crippen molar-refractivity contribution in [3.05, 3.63) is 101 Å². The second kappa shape index (κ2) is 11.1. The average molecular weight is 478 g/mol. The number of nitrogens with one attached hydrogen (secondary N) is 1. The number of aromatic nitrogens is 2. The Morgan fingerprint density at radius 2 is 1.76 bits per heavy atom. The van der Waals surface area contributed by atoms with Crippen LogP contribution in [0.5, 0.6) is 0 Å². The van der Waals surface area contributed by atoms with E-state index in [2.05, 4.69) is 5.32 Å². The molecule has 1 N–H and O–H groups in total. The fraction of sp³-hybridized carbons (Fsp3) is 0.192. The van der Waals surface area contributed by atoms with Crippen LogP contribution in [-0.4, -0.2) is 29.2 Å². The minimum absolute atomic E-state index is 0.157. The van der Waals surface area contributed by atoms with E-state index in [-0.39, 0.29) is 17.3 Å². The average Bonchev–Trinajstić information content (AvgIpc) is 2.86. The Balaban J connectivity index is 1.73. The molecule has 0 fully saturated rings. The third-order valence-corrected chi connectivity index (χ3v) is 6.48. The summed E-state index contributed by atoms with van der Waals surface area (Å²) in [6, 6.07) is 22.1. The highest BCUT2D eigenvalue weighted by atomic mass is 32.2. The van der Waals surface area contributed by atoms with Crippen molar-refractivity contribution in [2.45, 2.75) is 23.4 Å². The fourth-order valence-corrected chi connectivity index (χ4v) is 4.67. The molecule has 8 heteroatoms. The Morgan fingerprint density at radius 3 is 2.50 bits per heavy atom. The van der Waals surface area contributed by atoms with Gasteiger partial charge in [0, 0.05) is 25.9 Å². The summed E-state index contributed by atoms with van der Waals surface area (Å²) in [5, 5.41) is 3.13. The summed E-state index contributed by atoms with van der Waals surface area (Å²) in [6.45, 7) is 0.907. The molecule has 0 bridgehead atoms. The number of carbonyl (C=O) groups is 1. The van der Waals surface area contributed by atoms with E-state index in [1.807, 2.05) is 36.4 Å². The zero-order valence-electron chi connectivity index (χ0n) is 18.6. The van der Waals surface area contributed by atoms with Crippen LogP contribution in [0.1, 0.15) is 17.2 Å². The van der Waals surface area contributed by atoms with Crippen LogP contribution in [0.15, 0.2) is 88.8 Å². The van der Waals surface area contributed by atoms with Crippen molar-refractivity contribution < 1.29 is 13.9 Å². The van der Waals surface area contributed by atoms with E-state index in [1.165, 1.54) is 36.0 Å². The number of carbonyl (C=O) groups excluding carboxylic acids is 1. The van der Waals surface area contributed by atoms with Crippen molar-refractivity contribution in [1.82, 2.24) is 9.55 Å². The maximum absolute atomic E-state index is 13.4. The molecule has 174 valence electrons. The Kier molecular flexibility index (Phi) is 7.72. The predicted molar refractivity (Wildman–Crippen MR) is 133 cm³/mol. The van der Waals surface area contributed by atoms with Gasteiger partial charge in [-0.25, -0.2) is 9.37 Å². The zero-order chi connectivity index (χ0) is 23.9. The van der Waals surface area contributed by atoms with E-state index in [0.29, 0.717) is 41.3 Å². The molecule has 6 nitrogen and oxygen atoms in total. The van der Waals surface area contributed by atoms with Gasteiger partial charge in [0.25, 0.3) is 5.56 Å². The Bertz CT molecular complexity index is 1330. The van der Waals surface area contributed by atoms with Gasteiger partial charge in [-0.1, -0.05) is 54.2 Å². The monoisotopic (exact) mass is 477 g/mol. The number of amides is 1. The quantitative estimate of drug-likeness (QED) is 0.208. The van der Waals surface area contributed by atoms with E-state index >= 15 is 0 Å². The molecule has 0 aliphatic rings. The molecule has 1 aromatic heterocycles. The molecule has 0 saturated carbocycles. The van der Waals surface area contributed by atoms with Gasteiger partial charge in [-0.15, -0.1) is 0 Å². The lowest BCUT2D eigenvalue weighted by Gasteiger charge is -2.19. The van der Waals surface area contributed by atoms with Crippen LogP contribution in [0.2, 0.25) is 0 Å². The van der Waals surface area contributed by atoms with Gasteiger partial charge >= 0.3 is 0 Å². The summed E-state index contributed by atoms with van der Waals surface area (Å²) in [7, 11) is 1.61. The van der Waals surface area contributed by atoms with Gasteiger partial charge < -0.3 is 10.1 Å². The summed E-state index contributed by atoms with van der Waals surface area (Å²) >= 11 is 1.21.